The number of carbonyl (C=O) groups excluding carboxylic acids is 2. The predicted molar refractivity (Wildman–Crippen MR) is 104 cm³/mol. The maximum absolute atomic E-state index is 13.2. The molecule has 146 valence electrons. The van der Waals surface area contributed by atoms with Crippen LogP contribution in [0.2, 0.25) is 0 Å². The van der Waals surface area contributed by atoms with Crippen LogP contribution in [0.1, 0.15) is 41.0 Å². The molecule has 0 spiro atoms. The van der Waals surface area contributed by atoms with Gasteiger partial charge in [0.2, 0.25) is 5.91 Å². The maximum Gasteiger partial charge on any atom is 0.266 e. The molecule has 0 aromatic carbocycles. The Labute approximate surface area is 162 Å². The van der Waals surface area contributed by atoms with Crippen LogP contribution in [-0.2, 0) is 11.8 Å². The number of piperidine rings is 1. The van der Waals surface area contributed by atoms with Crippen molar-refractivity contribution in [2.24, 2.45) is 12.8 Å². The van der Waals surface area contributed by atoms with Crippen molar-refractivity contribution in [2.75, 3.05) is 19.6 Å². The molecule has 1 atom stereocenters. The van der Waals surface area contributed by atoms with Crippen LogP contribution < -0.4 is 11.1 Å². The van der Waals surface area contributed by atoms with E-state index in [4.69, 9.17) is 5.73 Å². The van der Waals surface area contributed by atoms with Gasteiger partial charge in [-0.05, 0) is 26.2 Å². The molecule has 1 aliphatic heterocycles. The SMILES string of the molecule is Cc1nc(-c2cnn(C)c2)sc1C(=O)N1CCCCC1CNC(=O)CCN. The third-order valence-electron chi connectivity index (χ3n) is 4.74. The normalized spacial score (nSPS) is 17.1. The highest BCUT2D eigenvalue weighted by atomic mass is 32.1. The van der Waals surface area contributed by atoms with Crippen LogP contribution in [0.25, 0.3) is 10.6 Å². The number of likely N-dealkylation sites (tertiary alicyclic amines) is 1. The molecular formula is C18H26N6O2S. The second-order valence-electron chi connectivity index (χ2n) is 6.83. The molecule has 2 aromatic heterocycles. The Kier molecular flexibility index (Phi) is 6.22. The topological polar surface area (TPSA) is 106 Å². The predicted octanol–water partition coefficient (Wildman–Crippen LogP) is 1.31. The summed E-state index contributed by atoms with van der Waals surface area (Å²) in [5.74, 6) is -0.0683. The van der Waals surface area contributed by atoms with Gasteiger partial charge >= 0.3 is 0 Å². The van der Waals surface area contributed by atoms with Crippen molar-refractivity contribution in [2.45, 2.75) is 38.6 Å². The first kappa shape index (κ1) is 19.5. The first-order valence-corrected chi connectivity index (χ1v) is 10.1. The molecule has 0 aliphatic carbocycles. The van der Waals surface area contributed by atoms with E-state index in [1.165, 1.54) is 11.3 Å². The lowest BCUT2D eigenvalue weighted by Gasteiger charge is -2.35. The number of aryl methyl sites for hydroxylation is 2. The van der Waals surface area contributed by atoms with Crippen molar-refractivity contribution >= 4 is 23.2 Å². The average Bonchev–Trinajstić information content (AvgIpc) is 3.25. The largest absolute Gasteiger partial charge is 0.354 e. The Hall–Kier alpha value is -2.26. The van der Waals surface area contributed by atoms with E-state index in [9.17, 15) is 9.59 Å². The highest BCUT2D eigenvalue weighted by molar-refractivity contribution is 7.17. The second kappa shape index (κ2) is 8.62. The fourth-order valence-corrected chi connectivity index (χ4v) is 4.31. The van der Waals surface area contributed by atoms with E-state index < -0.39 is 0 Å². The Balaban J connectivity index is 1.74. The van der Waals surface area contributed by atoms with Crippen LogP contribution in [0.4, 0.5) is 0 Å². The van der Waals surface area contributed by atoms with Gasteiger partial charge in [0.25, 0.3) is 5.91 Å². The van der Waals surface area contributed by atoms with Crippen LogP contribution >= 0.6 is 11.3 Å². The minimum atomic E-state index is -0.0664. The molecule has 1 unspecified atom stereocenters. The fourth-order valence-electron chi connectivity index (χ4n) is 3.31. The lowest BCUT2D eigenvalue weighted by atomic mass is 10.0. The van der Waals surface area contributed by atoms with E-state index in [1.807, 2.05) is 25.1 Å². The lowest BCUT2D eigenvalue weighted by Crippen LogP contribution is -2.49. The number of nitrogens with zero attached hydrogens (tertiary/aromatic N) is 4. The molecule has 2 aromatic rings. The summed E-state index contributed by atoms with van der Waals surface area (Å²) < 4.78 is 1.72. The average molecular weight is 391 g/mol. The number of aromatic nitrogens is 3. The summed E-state index contributed by atoms with van der Waals surface area (Å²) in [5, 5.41) is 7.88. The van der Waals surface area contributed by atoms with Crippen molar-refractivity contribution in [1.82, 2.24) is 25.0 Å². The first-order chi connectivity index (χ1) is 13.0. The lowest BCUT2D eigenvalue weighted by molar-refractivity contribution is -0.121. The van der Waals surface area contributed by atoms with Crippen molar-refractivity contribution in [3.63, 3.8) is 0 Å². The van der Waals surface area contributed by atoms with Crippen LogP contribution in [0.3, 0.4) is 0 Å². The Morgan fingerprint density at radius 2 is 2.22 bits per heavy atom. The van der Waals surface area contributed by atoms with Crippen molar-refractivity contribution < 1.29 is 9.59 Å². The number of carbonyl (C=O) groups is 2. The zero-order valence-electron chi connectivity index (χ0n) is 15.8. The Bertz CT molecular complexity index is 815. The zero-order valence-corrected chi connectivity index (χ0v) is 16.6. The van der Waals surface area contributed by atoms with E-state index in [0.717, 1.165) is 35.5 Å². The third-order valence-corrected chi connectivity index (χ3v) is 5.93. The number of thiazole rings is 1. The first-order valence-electron chi connectivity index (χ1n) is 9.23. The van der Waals surface area contributed by atoms with E-state index in [0.29, 0.717) is 30.9 Å². The summed E-state index contributed by atoms with van der Waals surface area (Å²) in [5.41, 5.74) is 7.07. The molecular weight excluding hydrogens is 364 g/mol. The Morgan fingerprint density at radius 3 is 2.93 bits per heavy atom. The van der Waals surface area contributed by atoms with Gasteiger partial charge in [-0.15, -0.1) is 11.3 Å². The van der Waals surface area contributed by atoms with Crippen molar-refractivity contribution in [1.29, 1.82) is 0 Å². The fraction of sp³-hybridized carbons (Fsp3) is 0.556. The van der Waals surface area contributed by atoms with Crippen LogP contribution in [0, 0.1) is 6.92 Å². The molecule has 1 fully saturated rings. The highest BCUT2D eigenvalue weighted by Crippen LogP contribution is 2.30. The number of rotatable bonds is 6. The van der Waals surface area contributed by atoms with Gasteiger partial charge in [0.15, 0.2) is 0 Å². The van der Waals surface area contributed by atoms with Crippen LogP contribution in [0.15, 0.2) is 12.4 Å². The molecule has 0 bridgehead atoms. The van der Waals surface area contributed by atoms with Gasteiger partial charge in [0.05, 0.1) is 11.9 Å². The highest BCUT2D eigenvalue weighted by Gasteiger charge is 2.30. The molecule has 0 saturated carbocycles. The van der Waals surface area contributed by atoms with Gasteiger partial charge in [-0.3, -0.25) is 14.3 Å². The molecule has 0 radical (unpaired) electrons. The van der Waals surface area contributed by atoms with Gasteiger partial charge in [-0.25, -0.2) is 4.98 Å². The number of hydrogen-bond donors (Lipinski definition) is 2. The quantitative estimate of drug-likeness (QED) is 0.774. The number of nitrogens with two attached hydrogens (primary N) is 1. The summed E-state index contributed by atoms with van der Waals surface area (Å²) in [6, 6.07) is 0.0105. The maximum atomic E-state index is 13.2. The number of hydrogen-bond acceptors (Lipinski definition) is 6. The summed E-state index contributed by atoms with van der Waals surface area (Å²) in [7, 11) is 1.85. The molecule has 8 nitrogen and oxygen atoms in total. The molecule has 27 heavy (non-hydrogen) atoms. The van der Waals surface area contributed by atoms with E-state index in [1.54, 1.807) is 10.9 Å². The summed E-state index contributed by atoms with van der Waals surface area (Å²) >= 11 is 1.40. The van der Waals surface area contributed by atoms with Crippen LogP contribution in [-0.4, -0.2) is 57.2 Å². The van der Waals surface area contributed by atoms with Gasteiger partial charge in [0.1, 0.15) is 9.88 Å². The van der Waals surface area contributed by atoms with Crippen molar-refractivity contribution in [3.05, 3.63) is 23.0 Å². The minimum absolute atomic E-state index is 0.00193. The smallest absolute Gasteiger partial charge is 0.266 e. The van der Waals surface area contributed by atoms with Crippen molar-refractivity contribution in [3.8, 4) is 10.6 Å². The van der Waals surface area contributed by atoms with Gasteiger partial charge in [-0.1, -0.05) is 0 Å². The van der Waals surface area contributed by atoms with Gasteiger partial charge in [-0.2, -0.15) is 5.10 Å². The third kappa shape index (κ3) is 4.54. The number of nitrogens with one attached hydrogen (secondary N) is 1. The van der Waals surface area contributed by atoms with E-state index >= 15 is 0 Å². The second-order valence-corrected chi connectivity index (χ2v) is 7.83. The molecule has 3 heterocycles. The Morgan fingerprint density at radius 1 is 1.41 bits per heavy atom. The summed E-state index contributed by atoms with van der Waals surface area (Å²) in [6.45, 7) is 3.37. The molecule has 3 rings (SSSR count). The summed E-state index contributed by atoms with van der Waals surface area (Å²) in [4.78, 5) is 32.0. The zero-order chi connectivity index (χ0) is 19.4. The van der Waals surface area contributed by atoms with Gasteiger partial charge < -0.3 is 16.0 Å². The molecule has 3 N–H and O–H groups in total. The standard InChI is InChI=1S/C18H26N6O2S/c1-12-16(27-17(22-12)13-9-21-23(2)11-13)18(26)24-8-4-3-5-14(24)10-20-15(25)6-7-19/h9,11,14H,3-8,10,19H2,1-2H3,(H,20,25). The molecule has 2 amide bonds. The molecule has 1 aliphatic rings. The molecule has 1 saturated heterocycles. The monoisotopic (exact) mass is 390 g/mol. The van der Waals surface area contributed by atoms with Gasteiger partial charge in [0, 0.05) is 50.9 Å². The van der Waals surface area contributed by atoms with E-state index in [-0.39, 0.29) is 17.9 Å². The number of amides is 2. The minimum Gasteiger partial charge on any atom is -0.354 e. The van der Waals surface area contributed by atoms with E-state index in [2.05, 4.69) is 15.4 Å². The molecule has 9 heteroatoms. The summed E-state index contributed by atoms with van der Waals surface area (Å²) in [6.07, 6.45) is 6.88. The van der Waals surface area contributed by atoms with Crippen LogP contribution in [0.5, 0.6) is 0 Å².